The normalized spacial score (nSPS) is 14.8. The van der Waals surface area contributed by atoms with Crippen molar-refractivity contribution in [3.63, 3.8) is 0 Å². The fraction of sp³-hybridized carbons (Fsp3) is 0.0385. The molecule has 4 aromatic rings. The van der Waals surface area contributed by atoms with E-state index in [1.807, 2.05) is 30.3 Å². The van der Waals surface area contributed by atoms with Crippen LogP contribution in [0.5, 0.6) is 0 Å². The van der Waals surface area contributed by atoms with Crippen LogP contribution in [0.25, 0.3) is 11.8 Å². The molecule has 2 N–H and O–H groups in total. The fourth-order valence-corrected chi connectivity index (χ4v) is 3.99. The lowest BCUT2D eigenvalue weighted by molar-refractivity contribution is -0.111. The van der Waals surface area contributed by atoms with Crippen molar-refractivity contribution in [3.05, 3.63) is 118 Å². The van der Waals surface area contributed by atoms with Gasteiger partial charge in [-0.05, 0) is 59.2 Å². The van der Waals surface area contributed by atoms with E-state index in [1.54, 1.807) is 47.2 Å². The Kier molecular flexibility index (Phi) is 6.35. The molecule has 0 saturated carbocycles. The van der Waals surface area contributed by atoms with E-state index in [2.05, 4.69) is 20.7 Å². The maximum Gasteiger partial charge on any atom is 0.250 e. The molecule has 174 valence electrons. The minimum atomic E-state index is -0.405. The van der Waals surface area contributed by atoms with Gasteiger partial charge in [-0.3, -0.25) is 10.1 Å². The molecule has 0 aliphatic carbocycles. The quantitative estimate of drug-likeness (QED) is 0.306. The van der Waals surface area contributed by atoms with Crippen LogP contribution < -0.4 is 10.6 Å². The van der Waals surface area contributed by atoms with E-state index in [1.165, 1.54) is 18.2 Å². The highest BCUT2D eigenvalue weighted by Gasteiger charge is 2.25. The minimum absolute atomic E-state index is 0.124. The number of allylic oxidation sites excluding steroid dienone is 1. The van der Waals surface area contributed by atoms with Gasteiger partial charge in [-0.2, -0.15) is 4.98 Å². The van der Waals surface area contributed by atoms with E-state index in [0.29, 0.717) is 16.0 Å². The van der Waals surface area contributed by atoms with Crippen LogP contribution in [0, 0.1) is 5.82 Å². The van der Waals surface area contributed by atoms with Gasteiger partial charge < -0.3 is 5.32 Å². The first-order chi connectivity index (χ1) is 17.0. The van der Waals surface area contributed by atoms with Crippen LogP contribution in [0.3, 0.4) is 0 Å². The van der Waals surface area contributed by atoms with Gasteiger partial charge in [-0.25, -0.2) is 9.07 Å². The molecular formula is C26H18Cl2FN5O. The SMILES string of the molecule is O=C(C=Cc1ccccc1Cl)Nc1nc2n(n1)C(c1ccc(F)cc1)C=C(c1ccc(Cl)cc1)N2. The van der Waals surface area contributed by atoms with Gasteiger partial charge in [0.05, 0.1) is 0 Å². The highest BCUT2D eigenvalue weighted by atomic mass is 35.5. The molecule has 0 radical (unpaired) electrons. The second-order valence-electron chi connectivity index (χ2n) is 7.76. The molecule has 0 saturated heterocycles. The van der Waals surface area contributed by atoms with E-state index < -0.39 is 5.91 Å². The number of anilines is 2. The Morgan fingerprint density at radius 2 is 1.77 bits per heavy atom. The van der Waals surface area contributed by atoms with Gasteiger partial charge in [0.25, 0.3) is 11.9 Å². The van der Waals surface area contributed by atoms with Gasteiger partial charge >= 0.3 is 0 Å². The maximum atomic E-state index is 13.6. The molecule has 1 unspecified atom stereocenters. The molecule has 3 aromatic carbocycles. The maximum absolute atomic E-state index is 13.6. The monoisotopic (exact) mass is 505 g/mol. The molecule has 1 aliphatic rings. The zero-order valence-electron chi connectivity index (χ0n) is 18.1. The first-order valence-electron chi connectivity index (χ1n) is 10.7. The number of carbonyl (C=O) groups excluding carboxylic acids is 1. The van der Waals surface area contributed by atoms with Crippen LogP contribution in [0.2, 0.25) is 10.0 Å². The number of carbonyl (C=O) groups is 1. The van der Waals surface area contributed by atoms with Crippen molar-refractivity contribution in [1.29, 1.82) is 0 Å². The first-order valence-corrected chi connectivity index (χ1v) is 11.4. The topological polar surface area (TPSA) is 71.8 Å². The van der Waals surface area contributed by atoms with Gasteiger partial charge in [0, 0.05) is 21.8 Å². The van der Waals surface area contributed by atoms with E-state index in [9.17, 15) is 9.18 Å². The molecule has 0 fully saturated rings. The van der Waals surface area contributed by atoms with Gasteiger partial charge in [0.15, 0.2) is 0 Å². The fourth-order valence-electron chi connectivity index (χ4n) is 3.67. The molecule has 6 nitrogen and oxygen atoms in total. The third-order valence-corrected chi connectivity index (χ3v) is 5.98. The first kappa shape index (κ1) is 22.8. The molecule has 35 heavy (non-hydrogen) atoms. The Hall–Kier alpha value is -3.94. The van der Waals surface area contributed by atoms with Crippen molar-refractivity contribution < 1.29 is 9.18 Å². The number of nitrogens with zero attached hydrogens (tertiary/aromatic N) is 3. The summed E-state index contributed by atoms with van der Waals surface area (Å²) in [6.45, 7) is 0. The standard InChI is InChI=1S/C26H18Cl2FN5O/c27-19-10-5-17(6-11-19)22-15-23(18-7-12-20(29)13-8-18)34-26(30-22)32-25(33-34)31-24(35)14-9-16-3-1-2-4-21(16)28/h1-15,23H,(H2,30,31,32,33,35). The molecule has 9 heteroatoms. The lowest BCUT2D eigenvalue weighted by Gasteiger charge is -2.24. The van der Waals surface area contributed by atoms with Crippen LogP contribution in [-0.4, -0.2) is 20.7 Å². The number of halogens is 3. The van der Waals surface area contributed by atoms with Gasteiger partial charge in [0.2, 0.25) is 5.95 Å². The number of hydrogen-bond donors (Lipinski definition) is 2. The molecule has 1 aliphatic heterocycles. The van der Waals surface area contributed by atoms with E-state index in [0.717, 1.165) is 22.4 Å². The summed E-state index contributed by atoms with van der Waals surface area (Å²) in [6.07, 6.45) is 4.94. The average Bonchev–Trinajstić information content (AvgIpc) is 3.26. The third kappa shape index (κ3) is 5.11. The molecule has 2 heterocycles. The molecule has 0 spiro atoms. The number of benzene rings is 3. The molecule has 5 rings (SSSR count). The molecule has 1 amide bonds. The van der Waals surface area contributed by atoms with Crippen molar-refractivity contribution in [1.82, 2.24) is 14.8 Å². The Labute approximate surface area is 210 Å². The largest absolute Gasteiger partial charge is 0.324 e. The Bertz CT molecular complexity index is 1450. The van der Waals surface area contributed by atoms with Gasteiger partial charge in [-0.1, -0.05) is 65.7 Å². The predicted molar refractivity (Wildman–Crippen MR) is 137 cm³/mol. The summed E-state index contributed by atoms with van der Waals surface area (Å²) in [5.74, 6) is -0.185. The van der Waals surface area contributed by atoms with Gasteiger partial charge in [-0.15, -0.1) is 5.10 Å². The van der Waals surface area contributed by atoms with Crippen molar-refractivity contribution in [2.45, 2.75) is 6.04 Å². The van der Waals surface area contributed by atoms with Crippen molar-refractivity contribution >= 4 is 52.8 Å². The highest BCUT2D eigenvalue weighted by Crippen LogP contribution is 2.33. The molecule has 1 aromatic heterocycles. The minimum Gasteiger partial charge on any atom is -0.324 e. The summed E-state index contributed by atoms with van der Waals surface area (Å²) >= 11 is 12.2. The number of nitrogens with one attached hydrogen (secondary N) is 2. The van der Waals surface area contributed by atoms with E-state index >= 15 is 0 Å². The molecule has 0 bridgehead atoms. The summed E-state index contributed by atoms with van der Waals surface area (Å²) in [4.78, 5) is 17.0. The molecular weight excluding hydrogens is 488 g/mol. The zero-order valence-corrected chi connectivity index (χ0v) is 19.6. The van der Waals surface area contributed by atoms with Crippen LogP contribution in [0.15, 0.2) is 84.9 Å². The summed E-state index contributed by atoms with van der Waals surface area (Å²) in [7, 11) is 0. The van der Waals surface area contributed by atoms with Crippen LogP contribution >= 0.6 is 23.2 Å². The average molecular weight is 506 g/mol. The lowest BCUT2D eigenvalue weighted by atomic mass is 10.0. The number of amides is 1. The van der Waals surface area contributed by atoms with Crippen LogP contribution in [0.4, 0.5) is 16.3 Å². The summed E-state index contributed by atoms with van der Waals surface area (Å²) in [5, 5.41) is 11.6. The highest BCUT2D eigenvalue weighted by molar-refractivity contribution is 6.32. The van der Waals surface area contributed by atoms with E-state index in [4.69, 9.17) is 23.2 Å². The second kappa shape index (κ2) is 9.74. The number of hydrogen-bond acceptors (Lipinski definition) is 4. The van der Waals surface area contributed by atoms with Crippen molar-refractivity contribution in [2.75, 3.05) is 10.6 Å². The summed E-state index contributed by atoms with van der Waals surface area (Å²) in [5.41, 5.74) is 3.20. The number of aromatic nitrogens is 3. The number of fused-ring (bicyclic) bond motifs is 1. The Balaban J connectivity index is 1.44. The second-order valence-corrected chi connectivity index (χ2v) is 8.60. The third-order valence-electron chi connectivity index (χ3n) is 5.39. The smallest absolute Gasteiger partial charge is 0.250 e. The number of rotatable bonds is 5. The Morgan fingerprint density at radius 1 is 1.03 bits per heavy atom. The Morgan fingerprint density at radius 3 is 2.51 bits per heavy atom. The lowest BCUT2D eigenvalue weighted by Crippen LogP contribution is -2.20. The van der Waals surface area contributed by atoms with Gasteiger partial charge in [0.1, 0.15) is 11.9 Å². The van der Waals surface area contributed by atoms with Crippen molar-refractivity contribution in [3.8, 4) is 0 Å². The zero-order chi connectivity index (χ0) is 24.4. The summed E-state index contributed by atoms with van der Waals surface area (Å²) in [6, 6.07) is 20.4. The van der Waals surface area contributed by atoms with Crippen molar-refractivity contribution in [2.24, 2.45) is 0 Å². The summed E-state index contributed by atoms with van der Waals surface area (Å²) < 4.78 is 15.2. The predicted octanol–water partition coefficient (Wildman–Crippen LogP) is 6.43. The van der Waals surface area contributed by atoms with Crippen LogP contribution in [0.1, 0.15) is 22.7 Å². The van der Waals surface area contributed by atoms with E-state index in [-0.39, 0.29) is 17.8 Å². The van der Waals surface area contributed by atoms with Crippen LogP contribution in [-0.2, 0) is 4.79 Å². The molecule has 1 atom stereocenters.